The van der Waals surface area contributed by atoms with Crippen LogP contribution in [0.2, 0.25) is 0 Å². The SMILES string of the molecule is COc1nc2c(cc1Br)CN(C)CC2. The lowest BCUT2D eigenvalue weighted by Crippen LogP contribution is -2.27. The second-order valence-corrected chi connectivity index (χ2v) is 4.43. The number of nitrogens with zero attached hydrogens (tertiary/aromatic N) is 2. The van der Waals surface area contributed by atoms with Crippen LogP contribution in [0.25, 0.3) is 0 Å². The third-order valence-electron chi connectivity index (χ3n) is 2.48. The van der Waals surface area contributed by atoms with Crippen molar-refractivity contribution >= 4 is 15.9 Å². The fraction of sp³-hybridized carbons (Fsp3) is 0.500. The molecule has 4 heteroatoms. The molecule has 0 aliphatic carbocycles. The monoisotopic (exact) mass is 256 g/mol. The standard InChI is InChI=1S/C10H13BrN2O/c1-13-4-3-9-7(6-13)5-8(11)10(12-9)14-2/h5H,3-4,6H2,1-2H3. The molecule has 0 spiro atoms. The first-order valence-electron chi connectivity index (χ1n) is 4.61. The van der Waals surface area contributed by atoms with Crippen LogP contribution in [0.3, 0.4) is 0 Å². The molecule has 0 saturated carbocycles. The van der Waals surface area contributed by atoms with Gasteiger partial charge in [-0.05, 0) is 34.6 Å². The predicted molar refractivity (Wildman–Crippen MR) is 58.5 cm³/mol. The Hall–Kier alpha value is -0.610. The molecule has 0 fully saturated rings. The van der Waals surface area contributed by atoms with E-state index in [2.05, 4.69) is 38.9 Å². The second kappa shape index (κ2) is 3.87. The lowest BCUT2D eigenvalue weighted by Gasteiger charge is -2.24. The number of aromatic nitrogens is 1. The van der Waals surface area contributed by atoms with E-state index in [0.717, 1.165) is 24.0 Å². The quantitative estimate of drug-likeness (QED) is 0.767. The molecule has 2 heterocycles. The average Bonchev–Trinajstić information content (AvgIpc) is 2.16. The Labute approximate surface area is 92.2 Å². The van der Waals surface area contributed by atoms with E-state index < -0.39 is 0 Å². The van der Waals surface area contributed by atoms with Crippen molar-refractivity contribution in [2.75, 3.05) is 20.7 Å². The van der Waals surface area contributed by atoms with Crippen LogP contribution in [0.1, 0.15) is 11.3 Å². The lowest BCUT2D eigenvalue weighted by atomic mass is 10.1. The number of methoxy groups -OCH3 is 1. The second-order valence-electron chi connectivity index (χ2n) is 3.57. The lowest BCUT2D eigenvalue weighted by molar-refractivity contribution is 0.306. The minimum absolute atomic E-state index is 0.688. The molecule has 14 heavy (non-hydrogen) atoms. The molecule has 0 radical (unpaired) electrons. The molecular formula is C10H13BrN2O. The van der Waals surface area contributed by atoms with Gasteiger partial charge in [0.15, 0.2) is 0 Å². The van der Waals surface area contributed by atoms with Crippen molar-refractivity contribution in [1.82, 2.24) is 9.88 Å². The van der Waals surface area contributed by atoms with Crippen molar-refractivity contribution in [2.45, 2.75) is 13.0 Å². The van der Waals surface area contributed by atoms with Crippen molar-refractivity contribution in [3.63, 3.8) is 0 Å². The van der Waals surface area contributed by atoms with Crippen molar-refractivity contribution in [2.24, 2.45) is 0 Å². The first-order valence-corrected chi connectivity index (χ1v) is 5.41. The molecule has 0 N–H and O–H groups in total. The summed E-state index contributed by atoms with van der Waals surface area (Å²) in [5.41, 5.74) is 2.47. The molecule has 0 atom stereocenters. The van der Waals surface area contributed by atoms with Crippen LogP contribution in [-0.4, -0.2) is 30.6 Å². The molecule has 3 nitrogen and oxygen atoms in total. The van der Waals surface area contributed by atoms with Gasteiger partial charge in [-0.25, -0.2) is 4.98 Å². The minimum Gasteiger partial charge on any atom is -0.480 e. The van der Waals surface area contributed by atoms with Gasteiger partial charge in [-0.1, -0.05) is 0 Å². The smallest absolute Gasteiger partial charge is 0.227 e. The molecule has 0 amide bonds. The molecule has 0 bridgehead atoms. The Bertz CT molecular complexity index is 354. The van der Waals surface area contributed by atoms with Gasteiger partial charge < -0.3 is 9.64 Å². The van der Waals surface area contributed by atoms with Crippen LogP contribution in [0.15, 0.2) is 10.5 Å². The molecule has 76 valence electrons. The summed E-state index contributed by atoms with van der Waals surface area (Å²) in [6.45, 7) is 2.05. The zero-order chi connectivity index (χ0) is 10.1. The van der Waals surface area contributed by atoms with Gasteiger partial charge in [0.2, 0.25) is 5.88 Å². The van der Waals surface area contributed by atoms with E-state index in [4.69, 9.17) is 4.74 Å². The molecule has 1 aliphatic heterocycles. The third kappa shape index (κ3) is 1.77. The summed E-state index contributed by atoms with van der Waals surface area (Å²) in [7, 11) is 3.77. The highest BCUT2D eigenvalue weighted by molar-refractivity contribution is 9.10. The van der Waals surface area contributed by atoms with Gasteiger partial charge in [-0.3, -0.25) is 0 Å². The maximum atomic E-state index is 5.17. The zero-order valence-corrected chi connectivity index (χ0v) is 9.97. The largest absolute Gasteiger partial charge is 0.480 e. The van der Waals surface area contributed by atoms with Crippen molar-refractivity contribution in [1.29, 1.82) is 0 Å². The van der Waals surface area contributed by atoms with Crippen LogP contribution in [0.4, 0.5) is 0 Å². The Morgan fingerprint density at radius 3 is 3.07 bits per heavy atom. The highest BCUT2D eigenvalue weighted by Gasteiger charge is 2.16. The van der Waals surface area contributed by atoms with Gasteiger partial charge in [0, 0.05) is 19.5 Å². The van der Waals surface area contributed by atoms with E-state index in [1.165, 1.54) is 11.3 Å². The molecular weight excluding hydrogens is 244 g/mol. The molecule has 0 saturated heterocycles. The molecule has 2 rings (SSSR count). The minimum atomic E-state index is 0.688. The number of hydrogen-bond acceptors (Lipinski definition) is 3. The van der Waals surface area contributed by atoms with Gasteiger partial charge in [0.25, 0.3) is 0 Å². The van der Waals surface area contributed by atoms with Crippen molar-refractivity contribution < 1.29 is 4.74 Å². The summed E-state index contributed by atoms with van der Waals surface area (Å²) < 4.78 is 6.11. The third-order valence-corrected chi connectivity index (χ3v) is 3.04. The Kier molecular flexibility index (Phi) is 2.74. The number of likely N-dealkylation sites (N-methyl/N-ethyl adjacent to an activating group) is 1. The summed E-state index contributed by atoms with van der Waals surface area (Å²) in [6, 6.07) is 2.11. The van der Waals surface area contributed by atoms with E-state index in [9.17, 15) is 0 Å². The number of rotatable bonds is 1. The van der Waals surface area contributed by atoms with Gasteiger partial charge in [0.1, 0.15) is 0 Å². The van der Waals surface area contributed by atoms with Gasteiger partial charge in [-0.15, -0.1) is 0 Å². The molecule has 1 aromatic heterocycles. The fourth-order valence-electron chi connectivity index (χ4n) is 1.71. The normalized spacial score (nSPS) is 16.5. The van der Waals surface area contributed by atoms with Crippen LogP contribution >= 0.6 is 15.9 Å². The maximum Gasteiger partial charge on any atom is 0.227 e. The van der Waals surface area contributed by atoms with E-state index in [-0.39, 0.29) is 0 Å². The van der Waals surface area contributed by atoms with Gasteiger partial charge in [0.05, 0.1) is 17.3 Å². The number of hydrogen-bond donors (Lipinski definition) is 0. The van der Waals surface area contributed by atoms with E-state index in [0.29, 0.717) is 5.88 Å². The van der Waals surface area contributed by atoms with Crippen LogP contribution in [0.5, 0.6) is 5.88 Å². The number of fused-ring (bicyclic) bond motifs is 1. The van der Waals surface area contributed by atoms with Crippen LogP contribution in [-0.2, 0) is 13.0 Å². The average molecular weight is 257 g/mol. The topological polar surface area (TPSA) is 25.4 Å². The number of halogens is 1. The molecule has 0 unspecified atom stereocenters. The summed E-state index contributed by atoms with van der Waals surface area (Å²) in [5, 5.41) is 0. The molecule has 1 aliphatic rings. The zero-order valence-electron chi connectivity index (χ0n) is 8.38. The van der Waals surface area contributed by atoms with Gasteiger partial charge >= 0.3 is 0 Å². The van der Waals surface area contributed by atoms with E-state index in [1.807, 2.05) is 0 Å². The first-order chi connectivity index (χ1) is 6.70. The highest BCUT2D eigenvalue weighted by Crippen LogP contribution is 2.27. The molecule has 1 aromatic rings. The Morgan fingerprint density at radius 1 is 1.57 bits per heavy atom. The summed E-state index contributed by atoms with van der Waals surface area (Å²) in [6.07, 6.45) is 1.01. The van der Waals surface area contributed by atoms with E-state index >= 15 is 0 Å². The summed E-state index contributed by atoms with van der Waals surface area (Å²) in [4.78, 5) is 6.76. The maximum absolute atomic E-state index is 5.17. The summed E-state index contributed by atoms with van der Waals surface area (Å²) in [5.74, 6) is 0.688. The number of pyridine rings is 1. The van der Waals surface area contributed by atoms with Crippen LogP contribution < -0.4 is 4.74 Å². The van der Waals surface area contributed by atoms with Crippen LogP contribution in [0, 0.1) is 0 Å². The van der Waals surface area contributed by atoms with Crippen molar-refractivity contribution in [3.8, 4) is 5.88 Å². The van der Waals surface area contributed by atoms with Gasteiger partial charge in [-0.2, -0.15) is 0 Å². The summed E-state index contributed by atoms with van der Waals surface area (Å²) >= 11 is 3.45. The fourth-order valence-corrected chi connectivity index (χ4v) is 2.24. The number of ether oxygens (including phenoxy) is 1. The van der Waals surface area contributed by atoms with Crippen molar-refractivity contribution in [3.05, 3.63) is 21.8 Å². The highest BCUT2D eigenvalue weighted by atomic mass is 79.9. The van der Waals surface area contributed by atoms with E-state index in [1.54, 1.807) is 7.11 Å². The molecule has 0 aromatic carbocycles. The Morgan fingerprint density at radius 2 is 2.36 bits per heavy atom. The Balaban J connectivity index is 2.40. The predicted octanol–water partition coefficient (Wildman–Crippen LogP) is 1.84. The first kappa shape index (κ1) is 9.93.